The minimum Gasteiger partial charge on any atom is -0.496 e. The predicted molar refractivity (Wildman–Crippen MR) is 122 cm³/mol. The molecule has 2 N–H and O–H groups in total. The van der Waals surface area contributed by atoms with Gasteiger partial charge < -0.3 is 15.0 Å². The fourth-order valence-electron chi connectivity index (χ4n) is 3.48. The van der Waals surface area contributed by atoms with Gasteiger partial charge in [-0.3, -0.25) is 9.59 Å². The zero-order valence-corrected chi connectivity index (χ0v) is 19.3. The molecular formula is C23H27N3O5S. The Kier molecular flexibility index (Phi) is 6.98. The summed E-state index contributed by atoms with van der Waals surface area (Å²) in [6.45, 7) is 5.24. The van der Waals surface area contributed by atoms with E-state index < -0.39 is 33.3 Å². The van der Waals surface area contributed by atoms with Crippen LogP contribution in [0, 0.1) is 5.92 Å². The summed E-state index contributed by atoms with van der Waals surface area (Å²) >= 11 is 0. The number of carbonyl (C=O) groups is 2. The highest BCUT2D eigenvalue weighted by molar-refractivity contribution is 7.91. The van der Waals surface area contributed by atoms with Crippen LogP contribution < -0.4 is 10.1 Å². The average molecular weight is 458 g/mol. The van der Waals surface area contributed by atoms with Gasteiger partial charge in [-0.15, -0.1) is 0 Å². The molecular weight excluding hydrogens is 430 g/mol. The fraction of sp³-hybridized carbons (Fsp3) is 0.348. The highest BCUT2D eigenvalue weighted by atomic mass is 32.2. The third-order valence-corrected chi connectivity index (χ3v) is 6.55. The first kappa shape index (κ1) is 23.5. The molecule has 0 saturated carbocycles. The van der Waals surface area contributed by atoms with E-state index in [0.29, 0.717) is 22.7 Å². The molecule has 0 bridgehead atoms. The highest BCUT2D eigenvalue weighted by Gasteiger charge is 2.26. The Hall–Kier alpha value is -3.20. The molecule has 1 amide bonds. The van der Waals surface area contributed by atoms with Crippen molar-refractivity contribution in [2.24, 2.45) is 5.92 Å². The first-order chi connectivity index (χ1) is 15.1. The Morgan fingerprint density at radius 2 is 1.88 bits per heavy atom. The van der Waals surface area contributed by atoms with Gasteiger partial charge in [0.2, 0.25) is 5.91 Å². The van der Waals surface area contributed by atoms with E-state index in [-0.39, 0.29) is 11.7 Å². The Balaban J connectivity index is 1.76. The fourth-order valence-corrected chi connectivity index (χ4v) is 4.77. The van der Waals surface area contributed by atoms with Crippen LogP contribution in [0.3, 0.4) is 0 Å². The number of imidazole rings is 1. The number of nitrogens with one attached hydrogen (secondary N) is 2. The number of hydrogen-bond acceptors (Lipinski definition) is 6. The van der Waals surface area contributed by atoms with Gasteiger partial charge in [-0.25, -0.2) is 13.4 Å². The van der Waals surface area contributed by atoms with Crippen molar-refractivity contribution in [3.8, 4) is 5.75 Å². The maximum Gasteiger partial charge on any atom is 0.235 e. The molecule has 1 aromatic heterocycles. The van der Waals surface area contributed by atoms with E-state index in [1.54, 1.807) is 12.1 Å². The monoisotopic (exact) mass is 457 g/mol. The van der Waals surface area contributed by atoms with Crippen LogP contribution in [0.15, 0.2) is 42.5 Å². The third-order valence-electron chi connectivity index (χ3n) is 5.10. The zero-order chi connectivity index (χ0) is 23.5. The van der Waals surface area contributed by atoms with Crippen molar-refractivity contribution in [1.82, 2.24) is 15.3 Å². The number of H-pyrrole nitrogens is 1. The van der Waals surface area contributed by atoms with Crippen LogP contribution in [-0.2, 0) is 20.4 Å². The third kappa shape index (κ3) is 5.53. The number of amides is 1. The molecule has 0 unspecified atom stereocenters. The van der Waals surface area contributed by atoms with Crippen LogP contribution in [0.2, 0.25) is 0 Å². The molecule has 0 spiro atoms. The standard InChI is InChI=1S/C23H27N3O5S/c1-14(2)22(23-24-18-7-5-6-8-19(18)25-23)26-21(28)13-32(29,30)12-17-11-16(15(3)27)9-10-20(17)31-4/h5-11,14,22H,12-13H2,1-4H3,(H,24,25)(H,26,28)/t22-/m1/s1. The first-order valence-corrected chi connectivity index (χ1v) is 12.0. The second-order valence-corrected chi connectivity index (χ2v) is 10.1. The molecule has 2 aromatic carbocycles. The molecule has 3 aromatic rings. The van der Waals surface area contributed by atoms with Gasteiger partial charge in [0.25, 0.3) is 0 Å². The van der Waals surface area contributed by atoms with Gasteiger partial charge in [-0.05, 0) is 43.2 Å². The van der Waals surface area contributed by atoms with Gasteiger partial charge in [-0.2, -0.15) is 0 Å². The van der Waals surface area contributed by atoms with Crippen molar-refractivity contribution in [1.29, 1.82) is 0 Å². The second kappa shape index (κ2) is 9.52. The summed E-state index contributed by atoms with van der Waals surface area (Å²) in [4.78, 5) is 32.1. The summed E-state index contributed by atoms with van der Waals surface area (Å²) in [6, 6.07) is 11.7. The molecule has 1 atom stereocenters. The molecule has 32 heavy (non-hydrogen) atoms. The predicted octanol–water partition coefficient (Wildman–Crippen LogP) is 3.20. The number of sulfone groups is 1. The number of Topliss-reactive ketones (excluding diaryl/α,β-unsaturated/α-hetero) is 1. The lowest BCUT2D eigenvalue weighted by Crippen LogP contribution is -2.36. The first-order valence-electron chi connectivity index (χ1n) is 10.2. The quantitative estimate of drug-likeness (QED) is 0.477. The summed E-state index contributed by atoms with van der Waals surface area (Å²) in [5.74, 6) is -1.01. The number of methoxy groups -OCH3 is 1. The number of nitrogens with zero attached hydrogens (tertiary/aromatic N) is 1. The maximum atomic E-state index is 12.8. The lowest BCUT2D eigenvalue weighted by atomic mass is 10.0. The number of benzene rings is 2. The summed E-state index contributed by atoms with van der Waals surface area (Å²) in [5, 5.41) is 2.80. The number of carbonyl (C=O) groups excluding carboxylic acids is 2. The van der Waals surface area contributed by atoms with Gasteiger partial charge >= 0.3 is 0 Å². The normalized spacial score (nSPS) is 12.7. The largest absolute Gasteiger partial charge is 0.496 e. The van der Waals surface area contributed by atoms with Crippen LogP contribution in [0.25, 0.3) is 11.0 Å². The SMILES string of the molecule is COc1ccc(C(C)=O)cc1CS(=O)(=O)CC(=O)N[C@@H](c1nc2ccccc2[nH]1)C(C)C. The lowest BCUT2D eigenvalue weighted by molar-refractivity contribution is -0.119. The van der Waals surface area contributed by atoms with E-state index in [9.17, 15) is 18.0 Å². The molecule has 0 aliphatic heterocycles. The molecule has 3 rings (SSSR count). The molecule has 8 nitrogen and oxygen atoms in total. The van der Waals surface area contributed by atoms with Gasteiger partial charge in [0, 0.05) is 11.1 Å². The van der Waals surface area contributed by atoms with Crippen molar-refractivity contribution < 1.29 is 22.7 Å². The number of ketones is 1. The van der Waals surface area contributed by atoms with E-state index in [2.05, 4.69) is 15.3 Å². The van der Waals surface area contributed by atoms with E-state index in [1.165, 1.54) is 20.1 Å². The number of aromatic nitrogens is 2. The summed E-state index contributed by atoms with van der Waals surface area (Å²) in [6.07, 6.45) is 0. The van der Waals surface area contributed by atoms with Crippen LogP contribution in [0.4, 0.5) is 0 Å². The van der Waals surface area contributed by atoms with Crippen LogP contribution in [-0.4, -0.2) is 42.9 Å². The van der Waals surface area contributed by atoms with E-state index >= 15 is 0 Å². The van der Waals surface area contributed by atoms with Gasteiger partial charge in [0.05, 0.1) is 29.9 Å². The molecule has 0 aliphatic rings. The molecule has 0 fully saturated rings. The Bertz CT molecular complexity index is 1210. The molecule has 0 aliphatic carbocycles. The minimum absolute atomic E-state index is 0.0189. The Labute approximate surface area is 187 Å². The maximum absolute atomic E-state index is 12.8. The Morgan fingerprint density at radius 1 is 1.16 bits per heavy atom. The zero-order valence-electron chi connectivity index (χ0n) is 18.5. The van der Waals surface area contributed by atoms with E-state index in [4.69, 9.17) is 4.74 Å². The number of rotatable bonds is 9. The van der Waals surface area contributed by atoms with Crippen molar-refractivity contribution in [3.63, 3.8) is 0 Å². The van der Waals surface area contributed by atoms with Crippen LogP contribution in [0.5, 0.6) is 5.75 Å². The van der Waals surface area contributed by atoms with Gasteiger partial charge in [0.15, 0.2) is 15.6 Å². The molecule has 0 radical (unpaired) electrons. The van der Waals surface area contributed by atoms with Crippen molar-refractivity contribution >= 4 is 32.6 Å². The number of ether oxygens (including phenoxy) is 1. The van der Waals surface area contributed by atoms with Gasteiger partial charge in [-0.1, -0.05) is 26.0 Å². The van der Waals surface area contributed by atoms with Crippen molar-refractivity contribution in [2.75, 3.05) is 12.9 Å². The molecule has 0 saturated heterocycles. The van der Waals surface area contributed by atoms with Crippen molar-refractivity contribution in [3.05, 3.63) is 59.4 Å². The summed E-state index contributed by atoms with van der Waals surface area (Å²) < 4.78 is 30.8. The van der Waals surface area contributed by atoms with Gasteiger partial charge in [0.1, 0.15) is 17.3 Å². The number of para-hydroxylation sites is 2. The molecule has 1 heterocycles. The van der Waals surface area contributed by atoms with Crippen molar-refractivity contribution in [2.45, 2.75) is 32.6 Å². The topological polar surface area (TPSA) is 118 Å². The summed E-state index contributed by atoms with van der Waals surface area (Å²) in [5.41, 5.74) is 2.33. The number of aromatic amines is 1. The average Bonchev–Trinajstić information content (AvgIpc) is 3.14. The Morgan fingerprint density at radius 3 is 2.50 bits per heavy atom. The van der Waals surface area contributed by atoms with E-state index in [1.807, 2.05) is 38.1 Å². The second-order valence-electron chi connectivity index (χ2n) is 8.04. The van der Waals surface area contributed by atoms with Crippen LogP contribution >= 0.6 is 0 Å². The number of fused-ring (bicyclic) bond motifs is 1. The lowest BCUT2D eigenvalue weighted by Gasteiger charge is -2.20. The molecule has 9 heteroatoms. The van der Waals surface area contributed by atoms with Crippen LogP contribution in [0.1, 0.15) is 48.6 Å². The smallest absolute Gasteiger partial charge is 0.235 e. The highest BCUT2D eigenvalue weighted by Crippen LogP contribution is 2.24. The summed E-state index contributed by atoms with van der Waals surface area (Å²) in [7, 11) is -2.40. The van der Waals surface area contributed by atoms with E-state index in [0.717, 1.165) is 11.0 Å². The minimum atomic E-state index is -3.82. The number of hydrogen-bond donors (Lipinski definition) is 2. The molecule has 170 valence electrons.